The summed E-state index contributed by atoms with van der Waals surface area (Å²) in [6.07, 6.45) is -4.50. The Balaban J connectivity index is 3.11. The molecule has 0 saturated carbocycles. The molecule has 4 nitrogen and oxygen atoms in total. The Morgan fingerprint density at radius 1 is 1.38 bits per heavy atom. The Hall–Kier alpha value is -2.23. The highest BCUT2D eigenvalue weighted by molar-refractivity contribution is 5.82. The van der Waals surface area contributed by atoms with E-state index in [1.165, 1.54) is 6.07 Å². The molecule has 0 aliphatic heterocycles. The second-order valence-corrected chi connectivity index (χ2v) is 4.31. The number of nitrogens with one attached hydrogen (secondary N) is 1. The predicted octanol–water partition coefficient (Wildman–Crippen LogP) is 2.54. The highest BCUT2D eigenvalue weighted by atomic mass is 19.4. The fraction of sp³-hybridized carbons (Fsp3) is 0.429. The standard InChI is InChI=1S/C14H16F3N3O/c1-3-19-13(21)9-20(4-2)12-6-5-11(14(15,16)17)7-10(12)8-18/h5-7H,3-4,9H2,1-2H3,(H,19,21). The number of nitriles is 1. The maximum absolute atomic E-state index is 12.6. The quantitative estimate of drug-likeness (QED) is 0.909. The zero-order valence-corrected chi connectivity index (χ0v) is 11.8. The van der Waals surface area contributed by atoms with E-state index >= 15 is 0 Å². The van der Waals surface area contributed by atoms with Crippen LogP contribution in [0.5, 0.6) is 0 Å². The van der Waals surface area contributed by atoms with Crippen molar-refractivity contribution < 1.29 is 18.0 Å². The van der Waals surface area contributed by atoms with Gasteiger partial charge in [-0.15, -0.1) is 0 Å². The van der Waals surface area contributed by atoms with Gasteiger partial charge in [-0.2, -0.15) is 18.4 Å². The van der Waals surface area contributed by atoms with Crippen LogP contribution in [0.2, 0.25) is 0 Å². The Morgan fingerprint density at radius 2 is 2.05 bits per heavy atom. The van der Waals surface area contributed by atoms with Crippen molar-refractivity contribution in [2.24, 2.45) is 0 Å². The van der Waals surface area contributed by atoms with Crippen molar-refractivity contribution in [1.82, 2.24) is 5.32 Å². The highest BCUT2D eigenvalue weighted by Crippen LogP contribution is 2.32. The molecule has 0 fully saturated rings. The minimum Gasteiger partial charge on any atom is -0.361 e. The number of benzene rings is 1. The minimum atomic E-state index is -4.50. The van der Waals surface area contributed by atoms with Crippen LogP contribution in [0.25, 0.3) is 0 Å². The average molecular weight is 299 g/mol. The van der Waals surface area contributed by atoms with Crippen LogP contribution in [0.1, 0.15) is 25.0 Å². The first-order valence-electron chi connectivity index (χ1n) is 6.46. The summed E-state index contributed by atoms with van der Waals surface area (Å²) in [5.41, 5.74) is -0.660. The number of halogens is 3. The van der Waals surface area contributed by atoms with Gasteiger partial charge in [0, 0.05) is 13.1 Å². The number of anilines is 1. The number of carbonyl (C=O) groups excluding carboxylic acids is 1. The Labute approximate surface area is 121 Å². The summed E-state index contributed by atoms with van der Waals surface area (Å²) < 4.78 is 37.9. The van der Waals surface area contributed by atoms with Gasteiger partial charge in [0.15, 0.2) is 0 Å². The molecule has 0 bridgehead atoms. The van der Waals surface area contributed by atoms with Crippen molar-refractivity contribution in [2.75, 3.05) is 24.5 Å². The normalized spacial score (nSPS) is 10.9. The Kier molecular flexibility index (Phi) is 5.59. The van der Waals surface area contributed by atoms with Gasteiger partial charge in [0.2, 0.25) is 5.91 Å². The van der Waals surface area contributed by atoms with Crippen molar-refractivity contribution in [1.29, 1.82) is 5.26 Å². The number of amides is 1. The van der Waals surface area contributed by atoms with Crippen LogP contribution < -0.4 is 10.2 Å². The van der Waals surface area contributed by atoms with E-state index in [-0.39, 0.29) is 18.0 Å². The zero-order chi connectivity index (χ0) is 16.0. The van der Waals surface area contributed by atoms with Gasteiger partial charge in [-0.25, -0.2) is 0 Å². The molecule has 1 aromatic carbocycles. The molecule has 1 amide bonds. The lowest BCUT2D eigenvalue weighted by Gasteiger charge is -2.24. The average Bonchev–Trinajstić information content (AvgIpc) is 2.43. The lowest BCUT2D eigenvalue weighted by atomic mass is 10.1. The molecular formula is C14H16F3N3O. The maximum Gasteiger partial charge on any atom is 0.416 e. The smallest absolute Gasteiger partial charge is 0.361 e. The molecule has 0 aromatic heterocycles. The van der Waals surface area contributed by atoms with Crippen LogP contribution in [0.15, 0.2) is 18.2 Å². The van der Waals surface area contributed by atoms with E-state index in [2.05, 4.69) is 5.32 Å². The van der Waals surface area contributed by atoms with Crippen molar-refractivity contribution >= 4 is 11.6 Å². The molecule has 0 unspecified atom stereocenters. The third-order valence-electron chi connectivity index (χ3n) is 2.88. The molecule has 0 aliphatic carbocycles. The molecule has 1 aromatic rings. The van der Waals surface area contributed by atoms with E-state index in [1.54, 1.807) is 24.8 Å². The molecule has 0 heterocycles. The van der Waals surface area contributed by atoms with Gasteiger partial charge >= 0.3 is 6.18 Å². The topological polar surface area (TPSA) is 56.1 Å². The van der Waals surface area contributed by atoms with Crippen molar-refractivity contribution in [3.8, 4) is 6.07 Å². The molecule has 1 N–H and O–H groups in total. The highest BCUT2D eigenvalue weighted by Gasteiger charge is 2.31. The van der Waals surface area contributed by atoms with Crippen LogP contribution >= 0.6 is 0 Å². The first-order valence-corrected chi connectivity index (χ1v) is 6.46. The SMILES string of the molecule is CCNC(=O)CN(CC)c1ccc(C(F)(F)F)cc1C#N. The molecule has 21 heavy (non-hydrogen) atoms. The van der Waals surface area contributed by atoms with Crippen molar-refractivity contribution in [3.63, 3.8) is 0 Å². The molecule has 0 spiro atoms. The van der Waals surface area contributed by atoms with E-state index in [9.17, 15) is 18.0 Å². The minimum absolute atomic E-state index is 0.00954. The van der Waals surface area contributed by atoms with Gasteiger partial charge in [-0.05, 0) is 32.0 Å². The van der Waals surface area contributed by atoms with Crippen LogP contribution in [-0.2, 0) is 11.0 Å². The largest absolute Gasteiger partial charge is 0.416 e. The number of rotatable bonds is 5. The van der Waals surface area contributed by atoms with Gasteiger partial charge in [-0.3, -0.25) is 4.79 Å². The summed E-state index contributed by atoms with van der Waals surface area (Å²) in [4.78, 5) is 13.2. The van der Waals surface area contributed by atoms with Gasteiger partial charge in [0.1, 0.15) is 6.07 Å². The third kappa shape index (κ3) is 4.38. The van der Waals surface area contributed by atoms with Crippen molar-refractivity contribution in [2.45, 2.75) is 20.0 Å². The van der Waals surface area contributed by atoms with E-state index < -0.39 is 11.7 Å². The first kappa shape index (κ1) is 16.8. The second-order valence-electron chi connectivity index (χ2n) is 4.31. The molecule has 0 saturated heterocycles. The molecule has 0 radical (unpaired) electrons. The summed E-state index contributed by atoms with van der Waals surface area (Å²) in [5.74, 6) is -0.247. The fourth-order valence-corrected chi connectivity index (χ4v) is 1.87. The molecule has 114 valence electrons. The summed E-state index contributed by atoms with van der Waals surface area (Å²) in [7, 11) is 0. The lowest BCUT2D eigenvalue weighted by Crippen LogP contribution is -2.37. The Bertz CT molecular complexity index is 549. The molecule has 0 atom stereocenters. The third-order valence-corrected chi connectivity index (χ3v) is 2.88. The number of likely N-dealkylation sites (N-methyl/N-ethyl adjacent to an activating group) is 2. The van der Waals surface area contributed by atoms with E-state index in [1.807, 2.05) is 0 Å². The van der Waals surface area contributed by atoms with Gasteiger partial charge in [-0.1, -0.05) is 0 Å². The zero-order valence-electron chi connectivity index (χ0n) is 11.8. The molecule has 7 heteroatoms. The van der Waals surface area contributed by atoms with Gasteiger partial charge in [0.25, 0.3) is 0 Å². The summed E-state index contributed by atoms with van der Waals surface area (Å²) in [6, 6.07) is 4.70. The van der Waals surface area contributed by atoms with E-state index in [4.69, 9.17) is 5.26 Å². The lowest BCUT2D eigenvalue weighted by molar-refractivity contribution is -0.137. The van der Waals surface area contributed by atoms with Gasteiger partial charge < -0.3 is 10.2 Å². The van der Waals surface area contributed by atoms with Crippen molar-refractivity contribution in [3.05, 3.63) is 29.3 Å². The van der Waals surface area contributed by atoms with Crippen LogP contribution in [0.4, 0.5) is 18.9 Å². The van der Waals surface area contributed by atoms with Crippen LogP contribution in [0, 0.1) is 11.3 Å². The van der Waals surface area contributed by atoms with Gasteiger partial charge in [0.05, 0.1) is 23.4 Å². The number of nitrogens with zero attached hydrogens (tertiary/aromatic N) is 2. The first-order chi connectivity index (χ1) is 9.83. The molecule has 1 rings (SSSR count). The number of carbonyl (C=O) groups is 1. The number of hydrogen-bond acceptors (Lipinski definition) is 3. The summed E-state index contributed by atoms with van der Waals surface area (Å²) in [6.45, 7) is 4.39. The molecular weight excluding hydrogens is 283 g/mol. The second kappa shape index (κ2) is 6.97. The monoisotopic (exact) mass is 299 g/mol. The predicted molar refractivity (Wildman–Crippen MR) is 72.7 cm³/mol. The summed E-state index contributed by atoms with van der Waals surface area (Å²) in [5, 5.41) is 11.7. The number of hydrogen-bond donors (Lipinski definition) is 1. The fourth-order valence-electron chi connectivity index (χ4n) is 1.87. The summed E-state index contributed by atoms with van der Waals surface area (Å²) >= 11 is 0. The van der Waals surface area contributed by atoms with Crippen LogP contribution in [-0.4, -0.2) is 25.5 Å². The van der Waals surface area contributed by atoms with E-state index in [0.717, 1.165) is 12.1 Å². The maximum atomic E-state index is 12.6. The van der Waals surface area contributed by atoms with E-state index in [0.29, 0.717) is 18.8 Å². The Morgan fingerprint density at radius 3 is 2.52 bits per heavy atom. The van der Waals surface area contributed by atoms with Crippen LogP contribution in [0.3, 0.4) is 0 Å². The number of alkyl halides is 3. The molecule has 0 aliphatic rings.